The third-order valence-electron chi connectivity index (χ3n) is 6.92. The average Bonchev–Trinajstić information content (AvgIpc) is 2.80. The van der Waals surface area contributed by atoms with Crippen LogP contribution in [0.5, 0.6) is 5.75 Å². The number of halogens is 2. The van der Waals surface area contributed by atoms with Crippen LogP contribution in [-0.4, -0.2) is 66.6 Å². The van der Waals surface area contributed by atoms with Gasteiger partial charge in [0, 0.05) is 31.7 Å². The van der Waals surface area contributed by atoms with Crippen LogP contribution in [0.4, 0.5) is 8.78 Å². The first kappa shape index (κ1) is 25.6. The normalized spacial score (nSPS) is 20.6. The van der Waals surface area contributed by atoms with Crippen molar-refractivity contribution >= 4 is 5.91 Å². The molecule has 0 radical (unpaired) electrons. The minimum atomic E-state index is -2.39. The van der Waals surface area contributed by atoms with Gasteiger partial charge in [-0.1, -0.05) is 29.8 Å². The zero-order valence-corrected chi connectivity index (χ0v) is 21.1. The summed E-state index contributed by atoms with van der Waals surface area (Å²) in [7, 11) is 0. The van der Waals surface area contributed by atoms with E-state index < -0.39 is 12.0 Å². The summed E-state index contributed by atoms with van der Waals surface area (Å²) in [5.74, 6) is 0.764. The number of ether oxygens (including phenoxy) is 2. The summed E-state index contributed by atoms with van der Waals surface area (Å²) >= 11 is 0. The van der Waals surface area contributed by atoms with Crippen LogP contribution < -0.4 is 4.74 Å². The van der Waals surface area contributed by atoms with Gasteiger partial charge in [0.25, 0.3) is 12.3 Å². The fourth-order valence-corrected chi connectivity index (χ4v) is 5.12. The Bertz CT molecular complexity index is 1020. The Kier molecular flexibility index (Phi) is 7.77. The molecule has 5 nitrogen and oxygen atoms in total. The van der Waals surface area contributed by atoms with Gasteiger partial charge in [-0.2, -0.15) is 0 Å². The number of aryl methyl sites for hydroxylation is 2. The van der Waals surface area contributed by atoms with Gasteiger partial charge in [-0.3, -0.25) is 9.69 Å². The lowest BCUT2D eigenvalue weighted by molar-refractivity contribution is -0.180. The number of nitrogens with zero attached hydrogens (tertiary/aromatic N) is 2. The molecule has 2 saturated heterocycles. The number of rotatable bonds is 6. The van der Waals surface area contributed by atoms with E-state index in [1.807, 2.05) is 80.0 Å². The van der Waals surface area contributed by atoms with Crippen molar-refractivity contribution in [2.24, 2.45) is 0 Å². The molecular formula is C28H36F2N2O3. The number of hydrogen-bond donors (Lipinski definition) is 0. The first-order chi connectivity index (χ1) is 16.6. The molecule has 1 amide bonds. The Hall–Kier alpha value is -2.51. The van der Waals surface area contributed by atoms with Gasteiger partial charge in [0.1, 0.15) is 5.75 Å². The maximum Gasteiger partial charge on any atom is 0.253 e. The molecule has 0 aromatic heterocycles. The molecule has 1 unspecified atom stereocenters. The molecule has 0 saturated carbocycles. The van der Waals surface area contributed by atoms with Gasteiger partial charge < -0.3 is 14.4 Å². The van der Waals surface area contributed by atoms with Crippen LogP contribution in [0, 0.1) is 13.8 Å². The van der Waals surface area contributed by atoms with Crippen molar-refractivity contribution in [1.82, 2.24) is 9.80 Å². The second-order valence-electron chi connectivity index (χ2n) is 10.2. The van der Waals surface area contributed by atoms with E-state index in [2.05, 4.69) is 0 Å². The molecule has 2 aromatic carbocycles. The Labute approximate surface area is 207 Å². The van der Waals surface area contributed by atoms with E-state index in [0.717, 1.165) is 22.4 Å². The Morgan fingerprint density at radius 2 is 1.80 bits per heavy atom. The fraction of sp³-hybridized carbons (Fsp3) is 0.536. The van der Waals surface area contributed by atoms with Gasteiger partial charge in [-0.15, -0.1) is 0 Å². The number of carbonyl (C=O) groups is 1. The monoisotopic (exact) mass is 486 g/mol. The van der Waals surface area contributed by atoms with E-state index in [9.17, 15) is 13.6 Å². The van der Waals surface area contributed by atoms with Crippen molar-refractivity contribution < 1.29 is 23.0 Å². The molecule has 2 aromatic rings. The predicted octanol–water partition coefficient (Wildman–Crippen LogP) is 5.40. The first-order valence-corrected chi connectivity index (χ1v) is 12.5. The highest BCUT2D eigenvalue weighted by molar-refractivity contribution is 5.94. The zero-order valence-electron chi connectivity index (χ0n) is 21.1. The van der Waals surface area contributed by atoms with Crippen molar-refractivity contribution in [2.45, 2.75) is 64.8 Å². The van der Waals surface area contributed by atoms with Crippen LogP contribution >= 0.6 is 0 Å². The van der Waals surface area contributed by atoms with E-state index in [-0.39, 0.29) is 24.7 Å². The molecule has 2 fully saturated rings. The van der Waals surface area contributed by atoms with Gasteiger partial charge in [-0.25, -0.2) is 8.78 Å². The molecule has 7 heteroatoms. The van der Waals surface area contributed by atoms with E-state index in [1.165, 1.54) is 0 Å². The third kappa shape index (κ3) is 6.19. The van der Waals surface area contributed by atoms with Crippen molar-refractivity contribution in [1.29, 1.82) is 0 Å². The molecule has 0 bridgehead atoms. The Morgan fingerprint density at radius 1 is 1.11 bits per heavy atom. The maximum absolute atomic E-state index is 13.3. The van der Waals surface area contributed by atoms with E-state index in [0.29, 0.717) is 44.6 Å². The van der Waals surface area contributed by atoms with Crippen molar-refractivity contribution in [3.05, 3.63) is 64.7 Å². The third-order valence-corrected chi connectivity index (χ3v) is 6.92. The molecule has 2 aliphatic heterocycles. The number of carbonyl (C=O) groups excluding carboxylic acids is 1. The van der Waals surface area contributed by atoms with Crippen LogP contribution in [0.15, 0.2) is 42.5 Å². The highest BCUT2D eigenvalue weighted by Gasteiger charge is 2.44. The number of morpholine rings is 1. The number of amides is 1. The topological polar surface area (TPSA) is 42.0 Å². The fourth-order valence-electron chi connectivity index (χ4n) is 5.12. The summed E-state index contributed by atoms with van der Waals surface area (Å²) in [6.45, 7) is 9.62. The summed E-state index contributed by atoms with van der Waals surface area (Å²) < 4.78 is 39.0. The second kappa shape index (κ2) is 10.6. The maximum atomic E-state index is 13.3. The van der Waals surface area contributed by atoms with Crippen LogP contribution in [0.25, 0.3) is 0 Å². The van der Waals surface area contributed by atoms with Gasteiger partial charge in [0.05, 0.1) is 24.4 Å². The highest BCUT2D eigenvalue weighted by Crippen LogP contribution is 2.38. The van der Waals surface area contributed by atoms with E-state index in [1.54, 1.807) is 0 Å². The number of hydrogen-bond acceptors (Lipinski definition) is 4. The minimum absolute atomic E-state index is 0.0191. The number of likely N-dealkylation sites (tertiary alicyclic amines) is 1. The van der Waals surface area contributed by atoms with Gasteiger partial charge in [0.2, 0.25) is 0 Å². The Morgan fingerprint density at radius 3 is 2.40 bits per heavy atom. The lowest BCUT2D eigenvalue weighted by Gasteiger charge is -2.50. The standard InChI is InChI=1S/C28H36F2N2O3/c1-19(2)34-24-10-9-23(15-21(24)4)27(33)32-13-11-28(12-14-32)18-31(17-26(29)30)16-25(35-28)22-7-5-20(3)6-8-22/h5-10,15,19,25-26H,11-14,16-18H2,1-4H3. The minimum Gasteiger partial charge on any atom is -0.491 e. The molecule has 0 N–H and O–H groups in total. The summed E-state index contributed by atoms with van der Waals surface area (Å²) in [5, 5.41) is 0. The van der Waals surface area contributed by atoms with Gasteiger partial charge >= 0.3 is 0 Å². The molecule has 190 valence electrons. The smallest absolute Gasteiger partial charge is 0.253 e. The number of benzene rings is 2. The number of piperidine rings is 1. The zero-order chi connectivity index (χ0) is 25.2. The summed E-state index contributed by atoms with van der Waals surface area (Å²) in [6, 6.07) is 13.6. The quantitative estimate of drug-likeness (QED) is 0.548. The largest absolute Gasteiger partial charge is 0.491 e. The molecular weight excluding hydrogens is 450 g/mol. The molecule has 2 aliphatic rings. The predicted molar refractivity (Wildman–Crippen MR) is 132 cm³/mol. The molecule has 4 rings (SSSR count). The SMILES string of the molecule is Cc1ccc(C2CN(CC(F)F)CC3(CCN(C(=O)c4ccc(OC(C)C)c(C)c4)CC3)O2)cc1. The Balaban J connectivity index is 1.46. The number of alkyl halides is 2. The molecule has 1 spiro atoms. The molecule has 0 aliphatic carbocycles. The summed E-state index contributed by atoms with van der Waals surface area (Å²) in [6.07, 6.45) is -1.35. The first-order valence-electron chi connectivity index (χ1n) is 12.5. The van der Waals surface area contributed by atoms with E-state index >= 15 is 0 Å². The summed E-state index contributed by atoms with van der Waals surface area (Å²) in [4.78, 5) is 16.9. The lowest BCUT2D eigenvalue weighted by atomic mass is 9.87. The lowest BCUT2D eigenvalue weighted by Crippen LogP contribution is -2.58. The average molecular weight is 487 g/mol. The summed E-state index contributed by atoms with van der Waals surface area (Å²) in [5.41, 5.74) is 3.18. The van der Waals surface area contributed by atoms with E-state index in [4.69, 9.17) is 9.47 Å². The van der Waals surface area contributed by atoms with Crippen LogP contribution in [0.1, 0.15) is 59.8 Å². The molecule has 2 heterocycles. The van der Waals surface area contributed by atoms with Gasteiger partial charge in [-0.05, 0) is 69.9 Å². The van der Waals surface area contributed by atoms with Crippen LogP contribution in [0.2, 0.25) is 0 Å². The van der Waals surface area contributed by atoms with Gasteiger partial charge in [0.15, 0.2) is 0 Å². The van der Waals surface area contributed by atoms with Crippen LogP contribution in [0.3, 0.4) is 0 Å². The molecule has 35 heavy (non-hydrogen) atoms. The highest BCUT2D eigenvalue weighted by atomic mass is 19.3. The van der Waals surface area contributed by atoms with Crippen molar-refractivity contribution in [3.8, 4) is 5.75 Å². The molecule has 1 atom stereocenters. The second-order valence-corrected chi connectivity index (χ2v) is 10.2. The van der Waals surface area contributed by atoms with Crippen LogP contribution in [-0.2, 0) is 4.74 Å². The van der Waals surface area contributed by atoms with Crippen molar-refractivity contribution in [2.75, 3.05) is 32.7 Å². The van der Waals surface area contributed by atoms with Crippen molar-refractivity contribution in [3.63, 3.8) is 0 Å².